The van der Waals surface area contributed by atoms with Gasteiger partial charge < -0.3 is 25.2 Å². The average molecular weight is 455 g/mol. The molecule has 1 aliphatic rings. The lowest BCUT2D eigenvalue weighted by Crippen LogP contribution is -2.57. The van der Waals surface area contributed by atoms with Crippen LogP contribution in [0, 0.1) is 5.92 Å². The number of carbonyl (C=O) groups excluding carboxylic acids is 3. The summed E-state index contributed by atoms with van der Waals surface area (Å²) in [6.45, 7) is 4.94. The molecule has 8 heteroatoms. The fourth-order valence-electron chi connectivity index (χ4n) is 4.04. The maximum Gasteiger partial charge on any atom is 0.407 e. The highest BCUT2D eigenvalue weighted by atomic mass is 16.5. The summed E-state index contributed by atoms with van der Waals surface area (Å²) in [5.74, 6) is -1.69. The van der Waals surface area contributed by atoms with Crippen molar-refractivity contribution in [3.63, 3.8) is 0 Å². The Labute approximate surface area is 193 Å². The number of nitrogens with one attached hydrogen (secondary N) is 2. The number of aliphatic hydroxyl groups is 1. The van der Waals surface area contributed by atoms with E-state index in [4.69, 9.17) is 9.47 Å². The van der Waals surface area contributed by atoms with Crippen LogP contribution in [0.3, 0.4) is 0 Å². The van der Waals surface area contributed by atoms with Gasteiger partial charge in [0.1, 0.15) is 18.7 Å². The highest BCUT2D eigenvalue weighted by Gasteiger charge is 2.33. The van der Waals surface area contributed by atoms with Crippen LogP contribution in [0.2, 0.25) is 0 Å². The maximum absolute atomic E-state index is 12.7. The molecule has 0 aliphatic heterocycles. The van der Waals surface area contributed by atoms with Gasteiger partial charge in [0.2, 0.25) is 5.91 Å². The molecule has 2 amide bonds. The number of ether oxygens (including phenoxy) is 2. The number of hydrogen-bond acceptors (Lipinski definition) is 6. The van der Waals surface area contributed by atoms with Gasteiger partial charge in [-0.1, -0.05) is 62.4 Å². The molecule has 3 rings (SSSR count). The van der Waals surface area contributed by atoms with Crippen LogP contribution in [-0.2, 0) is 19.1 Å². The van der Waals surface area contributed by atoms with E-state index in [0.29, 0.717) is 0 Å². The minimum atomic E-state index is -1.30. The first-order valence-corrected chi connectivity index (χ1v) is 10.9. The Morgan fingerprint density at radius 1 is 0.909 bits per heavy atom. The summed E-state index contributed by atoms with van der Waals surface area (Å²) < 4.78 is 10.2. The zero-order valence-electron chi connectivity index (χ0n) is 19.2. The second-order valence-electron chi connectivity index (χ2n) is 8.44. The molecule has 2 aromatic carbocycles. The number of hydrogen-bond donors (Lipinski definition) is 3. The quantitative estimate of drug-likeness (QED) is 0.529. The van der Waals surface area contributed by atoms with Crippen molar-refractivity contribution in [1.29, 1.82) is 0 Å². The molecule has 176 valence electrons. The highest BCUT2D eigenvalue weighted by molar-refractivity contribution is 5.90. The normalized spacial score (nSPS) is 15.1. The van der Waals surface area contributed by atoms with Crippen LogP contribution in [-0.4, -0.2) is 55.0 Å². The first-order chi connectivity index (χ1) is 15.7. The summed E-state index contributed by atoms with van der Waals surface area (Å²) in [6, 6.07) is 13.7. The van der Waals surface area contributed by atoms with Crippen molar-refractivity contribution in [3.05, 3.63) is 59.7 Å². The Morgan fingerprint density at radius 3 is 1.94 bits per heavy atom. The van der Waals surface area contributed by atoms with Crippen LogP contribution in [0.15, 0.2) is 48.5 Å². The van der Waals surface area contributed by atoms with E-state index < -0.39 is 36.2 Å². The largest absolute Gasteiger partial charge is 0.467 e. The van der Waals surface area contributed by atoms with Crippen molar-refractivity contribution in [3.8, 4) is 11.1 Å². The van der Waals surface area contributed by atoms with Gasteiger partial charge in [0, 0.05) is 5.92 Å². The molecule has 0 saturated carbocycles. The number of carbonyl (C=O) groups is 3. The van der Waals surface area contributed by atoms with Crippen LogP contribution < -0.4 is 10.6 Å². The third-order valence-electron chi connectivity index (χ3n) is 5.80. The zero-order chi connectivity index (χ0) is 24.1. The van der Waals surface area contributed by atoms with E-state index in [0.717, 1.165) is 22.3 Å². The highest BCUT2D eigenvalue weighted by Crippen LogP contribution is 2.44. The lowest BCUT2D eigenvalue weighted by molar-refractivity contribution is -0.147. The second-order valence-corrected chi connectivity index (χ2v) is 8.44. The van der Waals surface area contributed by atoms with Crippen LogP contribution in [0.1, 0.15) is 37.8 Å². The van der Waals surface area contributed by atoms with Gasteiger partial charge in [-0.05, 0) is 35.1 Å². The molecule has 33 heavy (non-hydrogen) atoms. The summed E-state index contributed by atoms with van der Waals surface area (Å²) in [7, 11) is 1.23. The van der Waals surface area contributed by atoms with E-state index in [1.807, 2.05) is 48.5 Å². The summed E-state index contributed by atoms with van der Waals surface area (Å²) in [5, 5.41) is 15.0. The summed E-state index contributed by atoms with van der Waals surface area (Å²) in [4.78, 5) is 37.2. The van der Waals surface area contributed by atoms with Crippen molar-refractivity contribution in [1.82, 2.24) is 10.6 Å². The maximum atomic E-state index is 12.7. The van der Waals surface area contributed by atoms with Crippen LogP contribution in [0.4, 0.5) is 4.79 Å². The van der Waals surface area contributed by atoms with Crippen molar-refractivity contribution in [2.45, 2.75) is 44.9 Å². The SMILES string of the molecule is COC(=O)[C@@H](NC(=O)[C@@H](NC(=O)OCC1c2ccccc2-c2ccccc21)C(C)O)C(C)C. The van der Waals surface area contributed by atoms with E-state index in [2.05, 4.69) is 10.6 Å². The van der Waals surface area contributed by atoms with Gasteiger partial charge >= 0.3 is 12.1 Å². The number of alkyl carbamates (subject to hydrolysis) is 1. The third-order valence-corrected chi connectivity index (χ3v) is 5.80. The summed E-state index contributed by atoms with van der Waals surface area (Å²) >= 11 is 0. The average Bonchev–Trinajstić information content (AvgIpc) is 3.12. The van der Waals surface area contributed by atoms with Gasteiger partial charge in [-0.25, -0.2) is 9.59 Å². The molecule has 0 saturated heterocycles. The number of methoxy groups -OCH3 is 1. The fourth-order valence-corrected chi connectivity index (χ4v) is 4.04. The number of fused-ring (bicyclic) bond motifs is 3. The Hall–Kier alpha value is -3.39. The molecule has 1 unspecified atom stereocenters. The van der Waals surface area contributed by atoms with E-state index >= 15 is 0 Å². The Morgan fingerprint density at radius 2 is 1.45 bits per heavy atom. The Kier molecular flexibility index (Phi) is 7.71. The van der Waals surface area contributed by atoms with Crippen molar-refractivity contribution >= 4 is 18.0 Å². The van der Waals surface area contributed by atoms with Gasteiger partial charge in [0.15, 0.2) is 0 Å². The molecule has 1 aliphatic carbocycles. The monoisotopic (exact) mass is 454 g/mol. The molecule has 3 N–H and O–H groups in total. The predicted molar refractivity (Wildman–Crippen MR) is 122 cm³/mol. The molecule has 0 heterocycles. The van der Waals surface area contributed by atoms with E-state index in [1.165, 1.54) is 14.0 Å². The Balaban J connectivity index is 1.66. The van der Waals surface area contributed by atoms with Gasteiger partial charge in [0.25, 0.3) is 0 Å². The molecular formula is C25H30N2O6. The zero-order valence-corrected chi connectivity index (χ0v) is 19.2. The number of esters is 1. The lowest BCUT2D eigenvalue weighted by Gasteiger charge is -2.25. The van der Waals surface area contributed by atoms with E-state index in [1.54, 1.807) is 13.8 Å². The molecule has 0 fully saturated rings. The van der Waals surface area contributed by atoms with Gasteiger partial charge in [-0.2, -0.15) is 0 Å². The first-order valence-electron chi connectivity index (χ1n) is 10.9. The second kappa shape index (κ2) is 10.5. The molecule has 3 atom stereocenters. The first kappa shape index (κ1) is 24.3. The number of aliphatic hydroxyl groups excluding tert-OH is 1. The van der Waals surface area contributed by atoms with E-state index in [9.17, 15) is 19.5 Å². The van der Waals surface area contributed by atoms with Crippen LogP contribution >= 0.6 is 0 Å². The minimum absolute atomic E-state index is 0.0742. The molecule has 8 nitrogen and oxygen atoms in total. The molecule has 0 bridgehead atoms. The van der Waals surface area contributed by atoms with Gasteiger partial charge in [-0.15, -0.1) is 0 Å². The van der Waals surface area contributed by atoms with Crippen LogP contribution in [0.5, 0.6) is 0 Å². The standard InChI is InChI=1S/C25H30N2O6/c1-14(2)21(24(30)32-4)26-23(29)22(15(3)28)27-25(31)33-13-20-18-11-7-5-9-16(18)17-10-6-8-12-19(17)20/h5-12,14-15,20-22,28H,13H2,1-4H3,(H,26,29)(H,27,31)/t15?,21-,22-/m0/s1. The predicted octanol–water partition coefficient (Wildman–Crippen LogP) is 2.59. The van der Waals surface area contributed by atoms with Crippen molar-refractivity contribution in [2.75, 3.05) is 13.7 Å². The molecule has 0 spiro atoms. The van der Waals surface area contributed by atoms with Gasteiger partial charge in [0.05, 0.1) is 13.2 Å². The minimum Gasteiger partial charge on any atom is -0.467 e. The molecular weight excluding hydrogens is 424 g/mol. The third kappa shape index (κ3) is 5.34. The number of amides is 2. The van der Waals surface area contributed by atoms with Gasteiger partial charge in [-0.3, -0.25) is 4.79 Å². The van der Waals surface area contributed by atoms with Crippen molar-refractivity contribution < 1.29 is 29.0 Å². The smallest absolute Gasteiger partial charge is 0.407 e. The van der Waals surface area contributed by atoms with Crippen LogP contribution in [0.25, 0.3) is 11.1 Å². The molecule has 0 aromatic heterocycles. The number of benzene rings is 2. The molecule has 0 radical (unpaired) electrons. The summed E-state index contributed by atoms with van der Waals surface area (Å²) in [5.41, 5.74) is 4.33. The summed E-state index contributed by atoms with van der Waals surface area (Å²) in [6.07, 6.45) is -2.05. The van der Waals surface area contributed by atoms with E-state index in [-0.39, 0.29) is 18.4 Å². The lowest BCUT2D eigenvalue weighted by atomic mass is 9.98. The van der Waals surface area contributed by atoms with Crippen molar-refractivity contribution in [2.24, 2.45) is 5.92 Å². The topological polar surface area (TPSA) is 114 Å². The fraction of sp³-hybridized carbons (Fsp3) is 0.400. The number of rotatable bonds is 8. The molecule has 2 aromatic rings. The Bertz CT molecular complexity index is 974.